The fourth-order valence-electron chi connectivity index (χ4n) is 3.33. The molecule has 0 saturated heterocycles. The molecule has 8 heteroatoms. The van der Waals surface area contributed by atoms with Gasteiger partial charge in [-0.05, 0) is 56.2 Å². The maximum Gasteiger partial charge on any atom is 0.287 e. The van der Waals surface area contributed by atoms with E-state index in [1.54, 1.807) is 37.3 Å². The predicted molar refractivity (Wildman–Crippen MR) is 119 cm³/mol. The van der Waals surface area contributed by atoms with Gasteiger partial charge in [-0.25, -0.2) is 4.98 Å². The van der Waals surface area contributed by atoms with Gasteiger partial charge in [0.15, 0.2) is 12.3 Å². The van der Waals surface area contributed by atoms with Gasteiger partial charge in [-0.15, -0.1) is 4.57 Å². The van der Waals surface area contributed by atoms with Crippen molar-refractivity contribution in [2.24, 2.45) is 0 Å². The van der Waals surface area contributed by atoms with Crippen LogP contribution in [-0.2, 0) is 11.4 Å². The Morgan fingerprint density at radius 1 is 1.00 bits per heavy atom. The van der Waals surface area contributed by atoms with Crippen LogP contribution < -0.4 is 20.3 Å². The van der Waals surface area contributed by atoms with E-state index in [1.807, 2.05) is 32.0 Å². The zero-order chi connectivity index (χ0) is 22.7. The number of hydrogen-bond acceptors (Lipinski definition) is 6. The lowest BCUT2D eigenvalue weighted by Gasteiger charge is -2.10. The number of anilines is 1. The van der Waals surface area contributed by atoms with Gasteiger partial charge in [-0.3, -0.25) is 9.59 Å². The first kappa shape index (κ1) is 21.2. The van der Waals surface area contributed by atoms with E-state index < -0.39 is 0 Å². The zero-order valence-corrected chi connectivity index (χ0v) is 18.0. The summed E-state index contributed by atoms with van der Waals surface area (Å²) in [5.41, 5.74) is 3.32. The monoisotopic (exact) mass is 433 g/mol. The molecule has 164 valence electrons. The summed E-state index contributed by atoms with van der Waals surface area (Å²) in [4.78, 5) is 28.8. The summed E-state index contributed by atoms with van der Waals surface area (Å²) < 4.78 is 17.8. The minimum Gasteiger partial charge on any atom is -0.487 e. The number of aryl methyl sites for hydroxylation is 3. The lowest BCUT2D eigenvalue weighted by Crippen LogP contribution is -2.20. The molecule has 0 fully saturated rings. The molecular formula is C24H23N3O5. The van der Waals surface area contributed by atoms with Crippen molar-refractivity contribution in [3.63, 3.8) is 0 Å². The Morgan fingerprint density at radius 2 is 1.78 bits per heavy atom. The summed E-state index contributed by atoms with van der Waals surface area (Å²) in [5.74, 6) is 1.50. The van der Waals surface area contributed by atoms with E-state index >= 15 is 0 Å². The summed E-state index contributed by atoms with van der Waals surface area (Å²) >= 11 is 0. The van der Waals surface area contributed by atoms with Crippen molar-refractivity contribution in [3.05, 3.63) is 87.5 Å². The summed E-state index contributed by atoms with van der Waals surface area (Å²) in [5, 5.41) is 2.79. The van der Waals surface area contributed by atoms with Crippen LogP contribution in [0.5, 0.6) is 11.5 Å². The average molecular weight is 433 g/mol. The van der Waals surface area contributed by atoms with Crippen molar-refractivity contribution in [3.8, 4) is 11.5 Å². The Labute approximate surface area is 184 Å². The van der Waals surface area contributed by atoms with Crippen molar-refractivity contribution < 1.29 is 18.8 Å². The number of carbonyl (C=O) groups is 1. The summed E-state index contributed by atoms with van der Waals surface area (Å²) in [7, 11) is 0. The van der Waals surface area contributed by atoms with Gasteiger partial charge in [0.2, 0.25) is 0 Å². The fraction of sp³-hybridized carbons (Fsp3) is 0.208. The molecule has 0 unspecified atom stereocenters. The summed E-state index contributed by atoms with van der Waals surface area (Å²) in [6.07, 6.45) is 0. The van der Waals surface area contributed by atoms with Crippen LogP contribution in [0.2, 0.25) is 0 Å². The molecule has 2 aromatic heterocycles. The molecule has 0 spiro atoms. The third-order valence-corrected chi connectivity index (χ3v) is 4.59. The molecule has 0 radical (unpaired) electrons. The van der Waals surface area contributed by atoms with Crippen LogP contribution in [0.15, 0.2) is 63.9 Å². The van der Waals surface area contributed by atoms with Crippen LogP contribution in [0.1, 0.15) is 22.6 Å². The average Bonchev–Trinajstić information content (AvgIpc) is 3.11. The Kier molecular flexibility index (Phi) is 5.93. The smallest absolute Gasteiger partial charge is 0.287 e. The number of nitrogens with zero attached hydrogens (tertiary/aromatic N) is 2. The highest BCUT2D eigenvalue weighted by Gasteiger charge is 2.09. The van der Waals surface area contributed by atoms with E-state index in [0.29, 0.717) is 34.3 Å². The molecule has 0 aliphatic heterocycles. The minimum absolute atomic E-state index is 0.100. The highest BCUT2D eigenvalue weighted by molar-refractivity contribution is 5.92. The zero-order valence-electron chi connectivity index (χ0n) is 18.0. The molecule has 1 amide bonds. The first-order chi connectivity index (χ1) is 15.4. The third-order valence-electron chi connectivity index (χ3n) is 4.59. The molecule has 0 bridgehead atoms. The number of amides is 1. The largest absolute Gasteiger partial charge is 0.487 e. The Hall–Kier alpha value is -4.07. The molecule has 8 nitrogen and oxygen atoms in total. The third kappa shape index (κ3) is 5.15. The molecule has 32 heavy (non-hydrogen) atoms. The molecule has 2 heterocycles. The number of fused-ring (bicyclic) bond motifs is 1. The standard InChI is InChI=1S/C24H23N3O5/c1-15-7-16(2)9-21(8-15)31-14-23(28)26-18-5-4-6-20(11-18)30-13-19-12-24(29)27-22(25-19)10-17(3)32-27/h4-12H,13-14H2,1-3H3,(H,26,28). The number of carbonyl (C=O) groups excluding carboxylic acids is 1. The number of nitrogens with one attached hydrogen (secondary N) is 1. The second kappa shape index (κ2) is 8.97. The molecule has 1 N–H and O–H groups in total. The first-order valence-corrected chi connectivity index (χ1v) is 10.1. The molecule has 0 aliphatic carbocycles. The topological polar surface area (TPSA) is 95.1 Å². The molecular weight excluding hydrogens is 410 g/mol. The number of ether oxygens (including phenoxy) is 2. The molecule has 0 atom stereocenters. The highest BCUT2D eigenvalue weighted by Crippen LogP contribution is 2.19. The quantitative estimate of drug-likeness (QED) is 0.476. The van der Waals surface area contributed by atoms with Gasteiger partial charge in [0.1, 0.15) is 23.9 Å². The van der Waals surface area contributed by atoms with Crippen molar-refractivity contribution in [2.45, 2.75) is 27.4 Å². The van der Waals surface area contributed by atoms with E-state index in [1.165, 1.54) is 6.07 Å². The van der Waals surface area contributed by atoms with Crippen LogP contribution in [0.25, 0.3) is 5.65 Å². The maximum atomic E-state index is 12.3. The Morgan fingerprint density at radius 3 is 2.56 bits per heavy atom. The first-order valence-electron chi connectivity index (χ1n) is 10.1. The fourth-order valence-corrected chi connectivity index (χ4v) is 3.33. The van der Waals surface area contributed by atoms with Crippen molar-refractivity contribution in [1.82, 2.24) is 9.56 Å². The van der Waals surface area contributed by atoms with E-state index in [-0.39, 0.29) is 24.7 Å². The van der Waals surface area contributed by atoms with Crippen LogP contribution >= 0.6 is 0 Å². The lowest BCUT2D eigenvalue weighted by atomic mass is 10.1. The van der Waals surface area contributed by atoms with Crippen molar-refractivity contribution >= 4 is 17.2 Å². The van der Waals surface area contributed by atoms with Gasteiger partial charge >= 0.3 is 0 Å². The van der Waals surface area contributed by atoms with Gasteiger partial charge in [-0.2, -0.15) is 0 Å². The van der Waals surface area contributed by atoms with E-state index in [4.69, 9.17) is 14.0 Å². The van der Waals surface area contributed by atoms with Gasteiger partial charge in [0.25, 0.3) is 11.5 Å². The van der Waals surface area contributed by atoms with Crippen molar-refractivity contribution in [1.29, 1.82) is 0 Å². The van der Waals surface area contributed by atoms with Gasteiger partial charge in [-0.1, -0.05) is 12.1 Å². The number of rotatable bonds is 7. The normalized spacial score (nSPS) is 10.8. The predicted octanol–water partition coefficient (Wildman–Crippen LogP) is 3.81. The van der Waals surface area contributed by atoms with Crippen LogP contribution in [0, 0.1) is 20.8 Å². The Balaban J connectivity index is 1.36. The lowest BCUT2D eigenvalue weighted by molar-refractivity contribution is -0.118. The summed E-state index contributed by atoms with van der Waals surface area (Å²) in [6.45, 7) is 5.70. The SMILES string of the molecule is Cc1cc(C)cc(OCC(=O)Nc2cccc(OCc3cc(=O)n4oc(C)cc4n3)c2)c1. The number of hydrogen-bond donors (Lipinski definition) is 1. The maximum absolute atomic E-state index is 12.3. The highest BCUT2D eigenvalue weighted by atomic mass is 16.5. The molecule has 4 rings (SSSR count). The second-order valence-electron chi connectivity index (χ2n) is 7.56. The van der Waals surface area contributed by atoms with E-state index in [0.717, 1.165) is 15.7 Å². The van der Waals surface area contributed by atoms with Crippen molar-refractivity contribution in [2.75, 3.05) is 11.9 Å². The van der Waals surface area contributed by atoms with Crippen LogP contribution in [-0.4, -0.2) is 22.1 Å². The van der Waals surface area contributed by atoms with E-state index in [9.17, 15) is 9.59 Å². The molecule has 0 saturated carbocycles. The molecule has 4 aromatic rings. The Bertz CT molecular complexity index is 1320. The van der Waals surface area contributed by atoms with Crippen LogP contribution in [0.4, 0.5) is 5.69 Å². The summed E-state index contributed by atoms with van der Waals surface area (Å²) in [6, 6.07) is 15.8. The molecule has 0 aliphatic rings. The molecule has 2 aromatic carbocycles. The minimum atomic E-state index is -0.313. The van der Waals surface area contributed by atoms with Crippen LogP contribution in [0.3, 0.4) is 0 Å². The van der Waals surface area contributed by atoms with Gasteiger partial charge < -0.3 is 19.3 Å². The van der Waals surface area contributed by atoms with Gasteiger partial charge in [0, 0.05) is 23.9 Å². The second-order valence-corrected chi connectivity index (χ2v) is 7.56. The van der Waals surface area contributed by atoms with E-state index in [2.05, 4.69) is 10.3 Å². The number of aromatic nitrogens is 2. The van der Waals surface area contributed by atoms with Gasteiger partial charge in [0.05, 0.1) is 5.69 Å². The number of benzene rings is 2.